The molecule has 3 rings (SSSR count). The smallest absolute Gasteiger partial charge is 0.162 e. The van der Waals surface area contributed by atoms with Crippen molar-refractivity contribution in [1.29, 1.82) is 0 Å². The average molecular weight is 273 g/mol. The number of hydrogen-bond donors (Lipinski definition) is 1. The molecular formula is C17H23NO2. The van der Waals surface area contributed by atoms with E-state index < -0.39 is 0 Å². The van der Waals surface area contributed by atoms with Gasteiger partial charge in [-0.1, -0.05) is 0 Å². The highest BCUT2D eigenvalue weighted by atomic mass is 16.5. The van der Waals surface area contributed by atoms with E-state index in [2.05, 4.69) is 0 Å². The van der Waals surface area contributed by atoms with E-state index in [-0.39, 0.29) is 0 Å². The predicted octanol–water partition coefficient (Wildman–Crippen LogP) is 3.87. The van der Waals surface area contributed by atoms with Crippen LogP contribution in [0.5, 0.6) is 11.5 Å². The van der Waals surface area contributed by atoms with Crippen molar-refractivity contribution in [2.75, 3.05) is 7.11 Å². The molecule has 0 saturated heterocycles. The third-order valence-corrected chi connectivity index (χ3v) is 4.41. The van der Waals surface area contributed by atoms with E-state index in [0.29, 0.717) is 6.10 Å². The molecule has 2 saturated carbocycles. The summed E-state index contributed by atoms with van der Waals surface area (Å²) in [6.45, 7) is 0. The molecule has 0 unspecified atom stereocenters. The van der Waals surface area contributed by atoms with Gasteiger partial charge in [0.1, 0.15) is 0 Å². The fourth-order valence-corrected chi connectivity index (χ4v) is 2.95. The second-order valence-corrected chi connectivity index (χ2v) is 5.76. The van der Waals surface area contributed by atoms with Gasteiger partial charge in [0, 0.05) is 11.3 Å². The summed E-state index contributed by atoms with van der Waals surface area (Å²) in [5, 5.41) is 0. The van der Waals surface area contributed by atoms with Crippen LogP contribution < -0.4 is 15.2 Å². The summed E-state index contributed by atoms with van der Waals surface area (Å²) >= 11 is 0. The molecule has 2 N–H and O–H groups in total. The number of allylic oxidation sites excluding steroid dienone is 1. The Morgan fingerprint density at radius 2 is 1.85 bits per heavy atom. The zero-order valence-electron chi connectivity index (χ0n) is 12.2. The van der Waals surface area contributed by atoms with E-state index in [4.69, 9.17) is 15.2 Å². The average Bonchev–Trinajstić information content (AvgIpc) is 2.89. The maximum Gasteiger partial charge on any atom is 0.162 e. The third kappa shape index (κ3) is 2.62. The molecule has 20 heavy (non-hydrogen) atoms. The SMILES string of the molecule is COc1ccc(C(N)=C2CCC2)cc1OC1CCCC1. The lowest BCUT2D eigenvalue weighted by Crippen LogP contribution is -2.12. The largest absolute Gasteiger partial charge is 0.493 e. The van der Waals surface area contributed by atoms with Crippen molar-refractivity contribution in [3.8, 4) is 11.5 Å². The van der Waals surface area contributed by atoms with Crippen LogP contribution in [-0.2, 0) is 0 Å². The van der Waals surface area contributed by atoms with Gasteiger partial charge in [-0.25, -0.2) is 0 Å². The Morgan fingerprint density at radius 1 is 1.10 bits per heavy atom. The fraction of sp³-hybridized carbons (Fsp3) is 0.529. The summed E-state index contributed by atoms with van der Waals surface area (Å²) in [5.41, 5.74) is 9.62. The molecule has 2 fully saturated rings. The van der Waals surface area contributed by atoms with Gasteiger partial charge in [0.25, 0.3) is 0 Å². The monoisotopic (exact) mass is 273 g/mol. The molecule has 0 spiro atoms. The topological polar surface area (TPSA) is 44.5 Å². The highest BCUT2D eigenvalue weighted by molar-refractivity contribution is 5.69. The summed E-state index contributed by atoms with van der Waals surface area (Å²) < 4.78 is 11.5. The lowest BCUT2D eigenvalue weighted by molar-refractivity contribution is 0.200. The van der Waals surface area contributed by atoms with Gasteiger partial charge in [0.05, 0.1) is 13.2 Å². The van der Waals surface area contributed by atoms with Crippen LogP contribution in [0.25, 0.3) is 5.70 Å². The number of ether oxygens (including phenoxy) is 2. The Bertz CT molecular complexity index is 510. The molecule has 2 aliphatic rings. The summed E-state index contributed by atoms with van der Waals surface area (Å²) in [6.07, 6.45) is 8.67. The molecule has 0 heterocycles. The lowest BCUT2D eigenvalue weighted by Gasteiger charge is -2.21. The standard InChI is InChI=1S/C17H23NO2/c1-19-15-10-9-13(17(18)12-5-4-6-12)11-16(15)20-14-7-2-3-8-14/h9-11,14H,2-8,18H2,1H3. The van der Waals surface area contributed by atoms with E-state index in [1.807, 2.05) is 18.2 Å². The van der Waals surface area contributed by atoms with Gasteiger partial charge in [-0.3, -0.25) is 0 Å². The molecular weight excluding hydrogens is 250 g/mol. The van der Waals surface area contributed by atoms with Crippen LogP contribution in [0.4, 0.5) is 0 Å². The molecule has 3 nitrogen and oxygen atoms in total. The van der Waals surface area contributed by atoms with Crippen LogP contribution in [0, 0.1) is 0 Å². The summed E-state index contributed by atoms with van der Waals surface area (Å²) in [7, 11) is 1.68. The Hall–Kier alpha value is -1.64. The maximum atomic E-state index is 6.25. The number of benzene rings is 1. The lowest BCUT2D eigenvalue weighted by atomic mass is 9.88. The molecule has 1 aromatic carbocycles. The number of hydrogen-bond acceptors (Lipinski definition) is 3. The van der Waals surface area contributed by atoms with Gasteiger partial charge in [-0.2, -0.15) is 0 Å². The zero-order chi connectivity index (χ0) is 13.9. The minimum Gasteiger partial charge on any atom is -0.493 e. The molecule has 2 aliphatic carbocycles. The third-order valence-electron chi connectivity index (χ3n) is 4.41. The summed E-state index contributed by atoms with van der Waals surface area (Å²) in [5.74, 6) is 1.63. The van der Waals surface area contributed by atoms with Crippen LogP contribution in [0.2, 0.25) is 0 Å². The highest BCUT2D eigenvalue weighted by Gasteiger charge is 2.20. The first-order chi connectivity index (χ1) is 9.78. The zero-order valence-corrected chi connectivity index (χ0v) is 12.2. The van der Waals surface area contributed by atoms with Gasteiger partial charge >= 0.3 is 0 Å². The Balaban J connectivity index is 1.86. The number of methoxy groups -OCH3 is 1. The van der Waals surface area contributed by atoms with Crippen LogP contribution in [0.3, 0.4) is 0 Å². The summed E-state index contributed by atoms with van der Waals surface area (Å²) in [4.78, 5) is 0. The van der Waals surface area contributed by atoms with E-state index >= 15 is 0 Å². The first kappa shape index (κ1) is 13.3. The molecule has 0 atom stereocenters. The molecule has 0 bridgehead atoms. The fourth-order valence-electron chi connectivity index (χ4n) is 2.95. The van der Waals surface area contributed by atoms with Crippen molar-refractivity contribution in [3.63, 3.8) is 0 Å². The van der Waals surface area contributed by atoms with Crippen molar-refractivity contribution in [2.24, 2.45) is 5.73 Å². The number of nitrogens with two attached hydrogens (primary N) is 1. The Labute approximate surface area is 120 Å². The molecule has 0 aromatic heterocycles. The van der Waals surface area contributed by atoms with E-state index in [1.165, 1.54) is 24.8 Å². The Morgan fingerprint density at radius 3 is 2.45 bits per heavy atom. The van der Waals surface area contributed by atoms with E-state index in [1.54, 1.807) is 7.11 Å². The molecule has 1 aromatic rings. The van der Waals surface area contributed by atoms with Gasteiger partial charge in [-0.05, 0) is 68.7 Å². The van der Waals surface area contributed by atoms with Crippen LogP contribution in [0.15, 0.2) is 23.8 Å². The minimum atomic E-state index is 0.330. The highest BCUT2D eigenvalue weighted by Crippen LogP contribution is 2.36. The quantitative estimate of drug-likeness (QED) is 0.905. The maximum absolute atomic E-state index is 6.25. The van der Waals surface area contributed by atoms with E-state index in [0.717, 1.165) is 48.4 Å². The van der Waals surface area contributed by atoms with Crippen LogP contribution in [0.1, 0.15) is 50.5 Å². The first-order valence-electron chi connectivity index (χ1n) is 7.60. The van der Waals surface area contributed by atoms with Gasteiger partial charge < -0.3 is 15.2 Å². The van der Waals surface area contributed by atoms with Crippen molar-refractivity contribution < 1.29 is 9.47 Å². The second kappa shape index (κ2) is 5.78. The van der Waals surface area contributed by atoms with Gasteiger partial charge in [0.15, 0.2) is 11.5 Å². The molecule has 108 valence electrons. The van der Waals surface area contributed by atoms with Crippen molar-refractivity contribution in [1.82, 2.24) is 0 Å². The van der Waals surface area contributed by atoms with Crippen molar-refractivity contribution >= 4 is 5.70 Å². The van der Waals surface area contributed by atoms with Crippen molar-refractivity contribution in [3.05, 3.63) is 29.3 Å². The van der Waals surface area contributed by atoms with Crippen molar-refractivity contribution in [2.45, 2.75) is 51.0 Å². The van der Waals surface area contributed by atoms with Crippen LogP contribution >= 0.6 is 0 Å². The van der Waals surface area contributed by atoms with Gasteiger partial charge in [0.2, 0.25) is 0 Å². The van der Waals surface area contributed by atoms with Gasteiger partial charge in [-0.15, -0.1) is 0 Å². The molecule has 3 heteroatoms. The predicted molar refractivity (Wildman–Crippen MR) is 80.8 cm³/mol. The first-order valence-corrected chi connectivity index (χ1v) is 7.60. The molecule has 0 amide bonds. The Kier molecular flexibility index (Phi) is 3.86. The minimum absolute atomic E-state index is 0.330. The van der Waals surface area contributed by atoms with Crippen LogP contribution in [-0.4, -0.2) is 13.2 Å². The summed E-state index contributed by atoms with van der Waals surface area (Å²) in [6, 6.07) is 6.03. The van der Waals surface area contributed by atoms with E-state index in [9.17, 15) is 0 Å². The molecule has 0 aliphatic heterocycles. The molecule has 0 radical (unpaired) electrons. The normalized spacial score (nSPS) is 18.8. The number of rotatable bonds is 4. The second-order valence-electron chi connectivity index (χ2n) is 5.76.